The van der Waals surface area contributed by atoms with Gasteiger partial charge in [-0.3, -0.25) is 9.79 Å². The molecular formula is C21H34N4O2. The first-order valence-corrected chi connectivity index (χ1v) is 9.97. The number of carbonyl (C=O) groups is 1. The number of aliphatic hydroxyl groups is 1. The number of amides is 1. The zero-order valence-corrected chi connectivity index (χ0v) is 17.4. The van der Waals surface area contributed by atoms with E-state index in [2.05, 4.69) is 23.7 Å². The largest absolute Gasteiger partial charge is 0.386 e. The molecule has 1 atom stereocenters. The first-order valence-electron chi connectivity index (χ1n) is 9.97. The van der Waals surface area contributed by atoms with E-state index in [9.17, 15) is 9.90 Å². The lowest BCUT2D eigenvalue weighted by molar-refractivity contribution is -0.147. The van der Waals surface area contributed by atoms with Gasteiger partial charge in [-0.05, 0) is 45.1 Å². The molecule has 0 aliphatic carbocycles. The van der Waals surface area contributed by atoms with Gasteiger partial charge in [0.05, 0.1) is 30.0 Å². The van der Waals surface area contributed by atoms with Crippen LogP contribution in [-0.2, 0) is 4.79 Å². The summed E-state index contributed by atoms with van der Waals surface area (Å²) in [7, 11) is 1.67. The first kappa shape index (κ1) is 21.4. The van der Waals surface area contributed by atoms with E-state index in [0.29, 0.717) is 18.7 Å². The Balaban J connectivity index is 2.47. The lowest BCUT2D eigenvalue weighted by Gasteiger charge is -2.44. The molecule has 1 amide bonds. The van der Waals surface area contributed by atoms with Crippen molar-refractivity contribution in [3.8, 4) is 0 Å². The lowest BCUT2D eigenvalue weighted by Crippen LogP contribution is -2.62. The average Bonchev–Trinajstić information content (AvgIpc) is 3.15. The quantitative estimate of drug-likeness (QED) is 0.441. The Morgan fingerprint density at radius 1 is 1.26 bits per heavy atom. The zero-order valence-electron chi connectivity index (χ0n) is 17.4. The van der Waals surface area contributed by atoms with E-state index in [-0.39, 0.29) is 11.8 Å². The number of hydrogen-bond donors (Lipinski definition) is 1. The molecular weight excluding hydrogens is 340 g/mol. The molecule has 0 radical (unpaired) electrons. The molecule has 6 heteroatoms. The SMILES string of the molecule is C\C=C/C(=N/C(=C(/C=NC)C(=O)N1CC(C)(O)C1)C(C)CC)N1CCCC1. The minimum Gasteiger partial charge on any atom is -0.386 e. The van der Waals surface area contributed by atoms with Gasteiger partial charge < -0.3 is 14.9 Å². The standard InChI is InChI=1S/C21H34N4O2/c1-6-10-18(24-11-8-9-12-24)23-19(16(3)7-2)17(13-22-5)20(26)25-14-21(4,27)15-25/h6,10,13,16,27H,7-9,11-12,14-15H2,1-5H3/b10-6-,19-17-,22-13?,23-18-. The molecule has 150 valence electrons. The first-order chi connectivity index (χ1) is 12.8. The van der Waals surface area contributed by atoms with Crippen LogP contribution in [0, 0.1) is 5.92 Å². The molecule has 2 aliphatic heterocycles. The Bertz CT molecular complexity index is 647. The van der Waals surface area contributed by atoms with Gasteiger partial charge in [0.1, 0.15) is 5.84 Å². The Morgan fingerprint density at radius 2 is 1.89 bits per heavy atom. The summed E-state index contributed by atoms with van der Waals surface area (Å²) in [5.74, 6) is 0.940. The van der Waals surface area contributed by atoms with E-state index in [1.807, 2.05) is 19.1 Å². The second-order valence-electron chi connectivity index (χ2n) is 7.82. The van der Waals surface area contributed by atoms with E-state index in [0.717, 1.165) is 31.0 Å². The van der Waals surface area contributed by atoms with Crippen LogP contribution >= 0.6 is 0 Å². The molecule has 27 heavy (non-hydrogen) atoms. The van der Waals surface area contributed by atoms with Crippen LogP contribution in [0.3, 0.4) is 0 Å². The zero-order chi connectivity index (χ0) is 20.0. The van der Waals surface area contributed by atoms with E-state index >= 15 is 0 Å². The topological polar surface area (TPSA) is 68.5 Å². The molecule has 0 bridgehead atoms. The van der Waals surface area contributed by atoms with Crippen molar-refractivity contribution in [2.45, 2.75) is 52.6 Å². The third kappa shape index (κ3) is 5.28. The summed E-state index contributed by atoms with van der Waals surface area (Å²) >= 11 is 0. The number of allylic oxidation sites excluding steroid dienone is 2. The van der Waals surface area contributed by atoms with Crippen LogP contribution in [-0.4, -0.2) is 71.7 Å². The molecule has 0 spiro atoms. The highest BCUT2D eigenvalue weighted by atomic mass is 16.3. The number of hydrogen-bond acceptors (Lipinski definition) is 4. The molecule has 2 saturated heterocycles. The molecule has 2 aliphatic rings. The van der Waals surface area contributed by atoms with Gasteiger partial charge in [-0.15, -0.1) is 0 Å². The van der Waals surface area contributed by atoms with Crippen LogP contribution in [0.1, 0.15) is 47.0 Å². The van der Waals surface area contributed by atoms with Crippen molar-refractivity contribution in [3.05, 3.63) is 23.4 Å². The smallest absolute Gasteiger partial charge is 0.257 e. The Hall–Kier alpha value is -1.95. The summed E-state index contributed by atoms with van der Waals surface area (Å²) in [6.45, 7) is 10.6. The number of aliphatic imine (C=N–C) groups is 2. The van der Waals surface area contributed by atoms with Crippen molar-refractivity contribution in [2.24, 2.45) is 15.9 Å². The maximum atomic E-state index is 13.1. The third-order valence-electron chi connectivity index (χ3n) is 5.17. The third-order valence-corrected chi connectivity index (χ3v) is 5.17. The molecule has 0 saturated carbocycles. The molecule has 0 aromatic carbocycles. The highest BCUT2D eigenvalue weighted by Gasteiger charge is 2.40. The highest BCUT2D eigenvalue weighted by Crippen LogP contribution is 2.26. The molecule has 0 aromatic heterocycles. The van der Waals surface area contributed by atoms with Gasteiger partial charge in [0.25, 0.3) is 5.91 Å². The lowest BCUT2D eigenvalue weighted by atomic mass is 9.94. The van der Waals surface area contributed by atoms with E-state index in [1.54, 1.807) is 25.1 Å². The second kappa shape index (κ2) is 9.31. The molecule has 2 fully saturated rings. The van der Waals surface area contributed by atoms with Gasteiger partial charge in [0, 0.05) is 26.4 Å². The normalized spacial score (nSPS) is 22.4. The number of nitrogens with zero attached hydrogens (tertiary/aromatic N) is 4. The van der Waals surface area contributed by atoms with Crippen molar-refractivity contribution in [3.63, 3.8) is 0 Å². The van der Waals surface area contributed by atoms with Crippen molar-refractivity contribution in [1.82, 2.24) is 9.80 Å². The maximum Gasteiger partial charge on any atom is 0.257 e. The summed E-state index contributed by atoms with van der Waals surface area (Å²) in [5.41, 5.74) is 0.512. The van der Waals surface area contributed by atoms with Crippen LogP contribution < -0.4 is 0 Å². The maximum absolute atomic E-state index is 13.1. The molecule has 6 nitrogen and oxygen atoms in total. The number of carbonyl (C=O) groups excluding carboxylic acids is 1. The Morgan fingerprint density at radius 3 is 2.37 bits per heavy atom. The van der Waals surface area contributed by atoms with Crippen molar-refractivity contribution in [1.29, 1.82) is 0 Å². The number of β-amino-alcohol motifs (C(OH)–C–C–N with tert-alkyl or cyclic N) is 1. The van der Waals surface area contributed by atoms with Crippen molar-refractivity contribution in [2.75, 3.05) is 33.2 Å². The van der Waals surface area contributed by atoms with Crippen LogP contribution in [0.5, 0.6) is 0 Å². The van der Waals surface area contributed by atoms with Crippen LogP contribution in [0.25, 0.3) is 0 Å². The Labute approximate surface area is 163 Å². The van der Waals surface area contributed by atoms with Gasteiger partial charge in [0.2, 0.25) is 0 Å². The predicted molar refractivity (Wildman–Crippen MR) is 111 cm³/mol. The van der Waals surface area contributed by atoms with Gasteiger partial charge >= 0.3 is 0 Å². The average molecular weight is 375 g/mol. The molecule has 2 heterocycles. The fourth-order valence-electron chi connectivity index (χ4n) is 3.51. The summed E-state index contributed by atoms with van der Waals surface area (Å²) in [6.07, 6.45) is 8.86. The Kier molecular flexibility index (Phi) is 7.36. The monoisotopic (exact) mass is 374 g/mol. The predicted octanol–water partition coefficient (Wildman–Crippen LogP) is 2.65. The number of rotatable bonds is 6. The van der Waals surface area contributed by atoms with Gasteiger partial charge in [0.15, 0.2) is 0 Å². The summed E-state index contributed by atoms with van der Waals surface area (Å²) < 4.78 is 0. The van der Waals surface area contributed by atoms with Crippen molar-refractivity contribution >= 4 is 18.0 Å². The summed E-state index contributed by atoms with van der Waals surface area (Å²) in [5, 5.41) is 10.0. The van der Waals surface area contributed by atoms with Gasteiger partial charge in [-0.2, -0.15) is 0 Å². The van der Waals surface area contributed by atoms with Crippen LogP contribution in [0.2, 0.25) is 0 Å². The van der Waals surface area contributed by atoms with E-state index in [1.165, 1.54) is 12.8 Å². The van der Waals surface area contributed by atoms with E-state index < -0.39 is 5.60 Å². The molecule has 1 unspecified atom stereocenters. The fourth-order valence-corrected chi connectivity index (χ4v) is 3.51. The number of amidine groups is 1. The fraction of sp³-hybridized carbons (Fsp3) is 0.667. The van der Waals surface area contributed by atoms with Crippen LogP contribution in [0.4, 0.5) is 0 Å². The van der Waals surface area contributed by atoms with Crippen molar-refractivity contribution < 1.29 is 9.90 Å². The second-order valence-corrected chi connectivity index (χ2v) is 7.82. The minimum atomic E-state index is -0.796. The number of likely N-dealkylation sites (tertiary alicyclic amines) is 2. The summed E-state index contributed by atoms with van der Waals surface area (Å²) in [4.78, 5) is 26.1. The van der Waals surface area contributed by atoms with Gasteiger partial charge in [-0.1, -0.05) is 19.9 Å². The molecule has 1 N–H and O–H groups in total. The highest BCUT2D eigenvalue weighted by molar-refractivity contribution is 6.13. The van der Waals surface area contributed by atoms with Crippen LogP contribution in [0.15, 0.2) is 33.4 Å². The summed E-state index contributed by atoms with van der Waals surface area (Å²) in [6, 6.07) is 0. The minimum absolute atomic E-state index is 0.104. The molecule has 2 rings (SSSR count). The molecule has 0 aromatic rings. The van der Waals surface area contributed by atoms with Gasteiger partial charge in [-0.25, -0.2) is 4.99 Å². The van der Waals surface area contributed by atoms with E-state index in [4.69, 9.17) is 4.99 Å².